The molecule has 0 bridgehead atoms. The van der Waals surface area contributed by atoms with Crippen molar-refractivity contribution in [1.29, 1.82) is 0 Å². The van der Waals surface area contributed by atoms with E-state index in [2.05, 4.69) is 15.0 Å². The van der Waals surface area contributed by atoms with Crippen molar-refractivity contribution in [2.45, 2.75) is 26.0 Å². The minimum atomic E-state index is -1.53. The summed E-state index contributed by atoms with van der Waals surface area (Å²) in [5, 5.41) is 0. The standard InChI is InChI=1S/C13H21N6O5P/c1-3-21-13(25-20,22-4-2)23-6-5-7-24-19-8-16-9-10(14)17-12(15)18-11(9)19/h8H,3-7H2,1-2H3,(H4,14,15,17,18)/p+1. The van der Waals surface area contributed by atoms with E-state index in [1.807, 2.05) is 0 Å². The molecule has 0 saturated carbocycles. The van der Waals surface area contributed by atoms with Crippen LogP contribution in [0.25, 0.3) is 11.2 Å². The molecule has 12 heteroatoms. The van der Waals surface area contributed by atoms with Crippen molar-refractivity contribution in [3.63, 3.8) is 0 Å². The number of hydrogen-bond acceptors (Lipinski definition) is 10. The van der Waals surface area contributed by atoms with E-state index in [0.717, 1.165) is 0 Å². The Balaban J connectivity index is 1.88. The number of ether oxygens (including phenoxy) is 3. The molecule has 0 fully saturated rings. The first-order chi connectivity index (χ1) is 12.0. The predicted octanol–water partition coefficient (Wildman–Crippen LogP) is 0.534. The molecular weight excluding hydrogens is 351 g/mol. The van der Waals surface area contributed by atoms with Gasteiger partial charge in [0.15, 0.2) is 11.3 Å². The van der Waals surface area contributed by atoms with Gasteiger partial charge in [0.2, 0.25) is 11.6 Å². The van der Waals surface area contributed by atoms with Gasteiger partial charge < -0.3 is 16.3 Å². The Morgan fingerprint density at radius 1 is 1.16 bits per heavy atom. The van der Waals surface area contributed by atoms with E-state index in [4.69, 9.17) is 30.5 Å². The number of imidazole rings is 1. The van der Waals surface area contributed by atoms with Crippen LogP contribution in [0.2, 0.25) is 0 Å². The van der Waals surface area contributed by atoms with Crippen LogP contribution < -0.4 is 16.3 Å². The lowest BCUT2D eigenvalue weighted by molar-refractivity contribution is -0.318. The van der Waals surface area contributed by atoms with Gasteiger partial charge in [-0.15, -0.1) is 0 Å². The molecule has 4 N–H and O–H groups in total. The summed E-state index contributed by atoms with van der Waals surface area (Å²) in [6.45, 7) is 4.67. The number of nitrogens with zero attached hydrogens (tertiary/aromatic N) is 4. The monoisotopic (exact) mass is 373 g/mol. The minimum absolute atomic E-state index is 0.0355. The molecule has 2 rings (SSSR count). The molecule has 0 amide bonds. The maximum absolute atomic E-state index is 11.4. The minimum Gasteiger partial charge on any atom is -0.411 e. The van der Waals surface area contributed by atoms with E-state index in [9.17, 15) is 4.57 Å². The van der Waals surface area contributed by atoms with Gasteiger partial charge in [-0.05, 0) is 13.8 Å². The first kappa shape index (κ1) is 19.3. The van der Waals surface area contributed by atoms with Gasteiger partial charge >= 0.3 is 14.2 Å². The van der Waals surface area contributed by atoms with Gasteiger partial charge in [-0.2, -0.15) is 14.7 Å². The molecule has 1 atom stereocenters. The van der Waals surface area contributed by atoms with Crippen molar-refractivity contribution < 1.29 is 23.6 Å². The van der Waals surface area contributed by atoms with Crippen molar-refractivity contribution in [3.8, 4) is 0 Å². The van der Waals surface area contributed by atoms with Crippen LogP contribution in [0.1, 0.15) is 20.3 Å². The number of aromatic nitrogens is 4. The van der Waals surface area contributed by atoms with E-state index < -0.39 is 14.2 Å². The second-order valence-electron chi connectivity index (χ2n) is 4.77. The maximum Gasteiger partial charge on any atom is 0.496 e. The molecular formula is C13H22N6O5P+. The zero-order valence-corrected chi connectivity index (χ0v) is 15.1. The van der Waals surface area contributed by atoms with Crippen LogP contribution in [0.3, 0.4) is 0 Å². The summed E-state index contributed by atoms with van der Waals surface area (Å²) < 4.78 is 28.8. The van der Waals surface area contributed by atoms with Crippen LogP contribution in [0, 0.1) is 0 Å². The molecule has 1 unspecified atom stereocenters. The lowest BCUT2D eigenvalue weighted by Crippen LogP contribution is -2.34. The second-order valence-corrected chi connectivity index (χ2v) is 5.59. The highest BCUT2D eigenvalue weighted by molar-refractivity contribution is 7.25. The molecule has 0 aliphatic rings. The Kier molecular flexibility index (Phi) is 6.82. The first-order valence-electron chi connectivity index (χ1n) is 7.75. The Labute approximate surface area is 145 Å². The van der Waals surface area contributed by atoms with Gasteiger partial charge in [0, 0.05) is 6.42 Å². The van der Waals surface area contributed by atoms with Crippen LogP contribution in [0.4, 0.5) is 11.8 Å². The summed E-state index contributed by atoms with van der Waals surface area (Å²) in [6.07, 6.45) is 1.92. The quantitative estimate of drug-likeness (QED) is 0.324. The molecule has 0 aromatic carbocycles. The third kappa shape index (κ3) is 4.73. The average Bonchev–Trinajstić information content (AvgIpc) is 2.98. The Morgan fingerprint density at radius 3 is 2.52 bits per heavy atom. The van der Waals surface area contributed by atoms with Crippen LogP contribution in [-0.4, -0.2) is 51.8 Å². The van der Waals surface area contributed by atoms with Crippen LogP contribution >= 0.6 is 8.46 Å². The summed E-state index contributed by atoms with van der Waals surface area (Å²) in [7, 11) is -0.911. The molecule has 25 heavy (non-hydrogen) atoms. The van der Waals surface area contributed by atoms with Crippen molar-refractivity contribution in [3.05, 3.63) is 6.33 Å². The predicted molar refractivity (Wildman–Crippen MR) is 91.1 cm³/mol. The molecule has 0 saturated heterocycles. The van der Waals surface area contributed by atoms with Gasteiger partial charge in [-0.3, -0.25) is 14.2 Å². The van der Waals surface area contributed by atoms with Crippen molar-refractivity contribution in [1.82, 2.24) is 19.7 Å². The topological polar surface area (TPSA) is 150 Å². The molecule has 11 nitrogen and oxygen atoms in total. The zero-order chi connectivity index (χ0) is 18.3. The van der Waals surface area contributed by atoms with E-state index in [0.29, 0.717) is 30.8 Å². The SMILES string of the molecule is CCOC(OCC)(OCCCOn1cnc2c(N)nc(N)nc21)[PH+]=O. The largest absolute Gasteiger partial charge is 0.496 e. The third-order valence-corrected chi connectivity index (χ3v) is 3.70. The molecule has 0 radical (unpaired) electrons. The number of rotatable bonds is 11. The molecule has 2 heterocycles. The van der Waals surface area contributed by atoms with Crippen molar-refractivity contribution in [2.24, 2.45) is 0 Å². The van der Waals surface area contributed by atoms with Crippen LogP contribution in [-0.2, 0) is 18.8 Å². The fourth-order valence-electron chi connectivity index (χ4n) is 2.04. The summed E-state index contributed by atoms with van der Waals surface area (Å²) in [5.74, 6) is 0.219. The normalized spacial score (nSPS) is 12.1. The van der Waals surface area contributed by atoms with Gasteiger partial charge in [-0.25, -0.2) is 4.98 Å². The highest BCUT2D eigenvalue weighted by Gasteiger charge is 2.43. The molecule has 0 aliphatic carbocycles. The van der Waals surface area contributed by atoms with E-state index in [1.165, 1.54) is 11.1 Å². The number of fused-ring (bicyclic) bond motifs is 1. The summed E-state index contributed by atoms with van der Waals surface area (Å²) in [5.41, 5.74) is 10.6. The van der Waals surface area contributed by atoms with E-state index >= 15 is 0 Å². The van der Waals surface area contributed by atoms with E-state index in [1.54, 1.807) is 13.8 Å². The number of nitrogens with two attached hydrogens (primary N) is 2. The lowest BCUT2D eigenvalue weighted by Gasteiger charge is -2.19. The zero-order valence-electron chi connectivity index (χ0n) is 14.1. The van der Waals surface area contributed by atoms with E-state index in [-0.39, 0.29) is 25.0 Å². The summed E-state index contributed by atoms with van der Waals surface area (Å²) >= 11 is 0. The number of nitrogen functional groups attached to an aromatic ring is 2. The third-order valence-electron chi connectivity index (χ3n) is 3.02. The Morgan fingerprint density at radius 2 is 1.88 bits per heavy atom. The van der Waals surface area contributed by atoms with Crippen molar-refractivity contribution in [2.75, 3.05) is 37.9 Å². The molecule has 2 aromatic heterocycles. The fourth-order valence-corrected chi connectivity index (χ4v) is 2.60. The number of hydrogen-bond donors (Lipinski definition) is 2. The molecule has 2 aromatic rings. The Hall–Kier alpha value is -2.07. The maximum atomic E-state index is 11.4. The van der Waals surface area contributed by atoms with Gasteiger partial charge in [0.05, 0.1) is 19.8 Å². The number of anilines is 2. The molecule has 0 aliphatic heterocycles. The van der Waals surface area contributed by atoms with Crippen LogP contribution in [0.5, 0.6) is 0 Å². The Bertz CT molecular complexity index is 706. The molecule has 0 spiro atoms. The highest BCUT2D eigenvalue weighted by atomic mass is 31.1. The summed E-state index contributed by atoms with van der Waals surface area (Å²) in [6, 6.07) is 0. The first-order valence-corrected chi connectivity index (χ1v) is 8.66. The van der Waals surface area contributed by atoms with Gasteiger partial charge in [0.25, 0.3) is 0 Å². The average molecular weight is 373 g/mol. The second kappa shape index (κ2) is 8.86. The lowest BCUT2D eigenvalue weighted by atomic mass is 10.5. The van der Waals surface area contributed by atoms with Crippen LogP contribution in [0.15, 0.2) is 6.33 Å². The van der Waals surface area contributed by atoms with Gasteiger partial charge in [-0.1, -0.05) is 4.57 Å². The fraction of sp³-hybridized carbons (Fsp3) is 0.615. The van der Waals surface area contributed by atoms with Crippen molar-refractivity contribution >= 4 is 31.4 Å². The van der Waals surface area contributed by atoms with Gasteiger partial charge in [0.1, 0.15) is 12.9 Å². The highest BCUT2D eigenvalue weighted by Crippen LogP contribution is 2.28. The summed E-state index contributed by atoms with van der Waals surface area (Å²) in [4.78, 5) is 17.5. The molecule has 138 valence electrons. The smallest absolute Gasteiger partial charge is 0.411 e.